The Hall–Kier alpha value is -2.64. The topological polar surface area (TPSA) is 78.5 Å². The van der Waals surface area contributed by atoms with Gasteiger partial charge < -0.3 is 10.6 Å². The molecule has 1 amide bonds. The number of benzene rings is 2. The van der Waals surface area contributed by atoms with Gasteiger partial charge in [-0.15, -0.1) is 0 Å². The number of carbonyl (C=O) groups is 1. The minimum Gasteiger partial charge on any atom is -0.351 e. The van der Waals surface area contributed by atoms with E-state index in [0.717, 1.165) is 34.6 Å². The normalized spacial score (nSPS) is 25.2. The van der Waals surface area contributed by atoms with Crippen LogP contribution in [0.3, 0.4) is 0 Å². The zero-order valence-corrected chi connectivity index (χ0v) is 20.3. The number of rotatable bonds is 6. The molecule has 0 aliphatic carbocycles. The average Bonchev–Trinajstić information content (AvgIpc) is 3.25. The molecule has 202 valence electrons. The third-order valence-corrected chi connectivity index (χ3v) is 8.54. The first-order chi connectivity index (χ1) is 17.3. The number of piperidine rings is 1. The van der Waals surface area contributed by atoms with Crippen LogP contribution in [-0.2, 0) is 21.4 Å². The van der Waals surface area contributed by atoms with Gasteiger partial charge in [0, 0.05) is 32.1 Å². The SMILES string of the molecule is O=C(NCc1cc(F)cc(C2CCC(C(F)(F)F)CN2)c1)[C@@H]1C[C@@H](F)CN1S(=O)(=O)c1ccc(F)cc1. The minimum atomic E-state index is -4.31. The molecule has 37 heavy (non-hydrogen) atoms. The van der Waals surface area contributed by atoms with Crippen molar-refractivity contribution in [3.05, 3.63) is 65.2 Å². The molecule has 2 aromatic rings. The van der Waals surface area contributed by atoms with Crippen molar-refractivity contribution in [3.63, 3.8) is 0 Å². The predicted octanol–water partition coefficient (Wildman–Crippen LogP) is 3.99. The van der Waals surface area contributed by atoms with Gasteiger partial charge in [-0.05, 0) is 60.4 Å². The standard InChI is InChI=1S/C24H25F6N3O3S/c25-17-2-4-20(5-3-17)37(35,36)33-13-19(27)10-22(33)23(34)32-11-14-7-15(9-18(26)8-14)21-6-1-16(12-31-21)24(28,29)30/h2-5,7-9,16,19,21-22,31H,1,6,10-13H2,(H,32,34)/t16?,19-,21?,22+/m1/s1. The Bertz CT molecular complexity index is 1230. The van der Waals surface area contributed by atoms with Crippen LogP contribution in [-0.4, -0.2) is 50.1 Å². The van der Waals surface area contributed by atoms with Crippen LogP contribution >= 0.6 is 0 Å². The summed E-state index contributed by atoms with van der Waals surface area (Å²) in [5.74, 6) is -3.57. The molecule has 0 aromatic heterocycles. The monoisotopic (exact) mass is 549 g/mol. The second-order valence-electron chi connectivity index (χ2n) is 9.26. The van der Waals surface area contributed by atoms with Crippen LogP contribution in [0.4, 0.5) is 26.3 Å². The molecule has 2 N–H and O–H groups in total. The van der Waals surface area contributed by atoms with E-state index in [1.807, 2.05) is 0 Å². The van der Waals surface area contributed by atoms with Gasteiger partial charge in [-0.25, -0.2) is 21.6 Å². The molecular formula is C24H25F6N3O3S. The van der Waals surface area contributed by atoms with E-state index in [9.17, 15) is 39.6 Å². The van der Waals surface area contributed by atoms with E-state index in [0.29, 0.717) is 11.1 Å². The van der Waals surface area contributed by atoms with Crippen molar-refractivity contribution in [2.45, 2.75) is 55.1 Å². The molecule has 0 bridgehead atoms. The largest absolute Gasteiger partial charge is 0.393 e. The highest BCUT2D eigenvalue weighted by Crippen LogP contribution is 2.36. The lowest BCUT2D eigenvalue weighted by atomic mass is 9.90. The van der Waals surface area contributed by atoms with Crippen LogP contribution in [0.5, 0.6) is 0 Å². The van der Waals surface area contributed by atoms with E-state index in [4.69, 9.17) is 0 Å². The van der Waals surface area contributed by atoms with Gasteiger partial charge in [0.05, 0.1) is 10.8 Å². The molecule has 2 saturated heterocycles. The molecular weight excluding hydrogens is 524 g/mol. The predicted molar refractivity (Wildman–Crippen MR) is 121 cm³/mol. The van der Waals surface area contributed by atoms with Gasteiger partial charge in [-0.2, -0.15) is 17.5 Å². The average molecular weight is 550 g/mol. The van der Waals surface area contributed by atoms with Crippen LogP contribution < -0.4 is 10.6 Å². The van der Waals surface area contributed by atoms with Crippen LogP contribution in [0.15, 0.2) is 47.4 Å². The van der Waals surface area contributed by atoms with Crippen molar-refractivity contribution in [3.8, 4) is 0 Å². The molecule has 4 rings (SSSR count). The Morgan fingerprint density at radius 1 is 1.05 bits per heavy atom. The number of nitrogens with one attached hydrogen (secondary N) is 2. The molecule has 2 aromatic carbocycles. The third-order valence-electron chi connectivity index (χ3n) is 6.65. The zero-order chi connectivity index (χ0) is 27.0. The fraction of sp³-hybridized carbons (Fsp3) is 0.458. The van der Waals surface area contributed by atoms with Crippen molar-refractivity contribution < 1.29 is 39.6 Å². The molecule has 2 unspecified atom stereocenters. The number of amides is 1. The molecule has 0 spiro atoms. The number of carbonyl (C=O) groups excluding carboxylic acids is 1. The lowest BCUT2D eigenvalue weighted by Crippen LogP contribution is -2.45. The first-order valence-electron chi connectivity index (χ1n) is 11.6. The van der Waals surface area contributed by atoms with Crippen molar-refractivity contribution in [1.82, 2.24) is 14.9 Å². The number of hydrogen-bond acceptors (Lipinski definition) is 4. The number of alkyl halides is 4. The number of sulfonamides is 1. The van der Waals surface area contributed by atoms with Gasteiger partial charge in [-0.1, -0.05) is 6.07 Å². The second kappa shape index (κ2) is 10.6. The number of halogens is 6. The summed E-state index contributed by atoms with van der Waals surface area (Å²) in [6.45, 7) is -1.05. The second-order valence-corrected chi connectivity index (χ2v) is 11.2. The molecule has 0 saturated carbocycles. The van der Waals surface area contributed by atoms with Gasteiger partial charge in [0.2, 0.25) is 15.9 Å². The summed E-state index contributed by atoms with van der Waals surface area (Å²) in [5.41, 5.74) is 0.737. The van der Waals surface area contributed by atoms with E-state index in [1.54, 1.807) is 6.07 Å². The summed E-state index contributed by atoms with van der Waals surface area (Å²) < 4.78 is 107. The first-order valence-corrected chi connectivity index (χ1v) is 13.1. The molecule has 0 radical (unpaired) electrons. The first kappa shape index (κ1) is 27.4. The fourth-order valence-corrected chi connectivity index (χ4v) is 6.33. The molecule has 2 aliphatic rings. The molecule has 2 aliphatic heterocycles. The van der Waals surface area contributed by atoms with Crippen LogP contribution in [0.25, 0.3) is 0 Å². The smallest absolute Gasteiger partial charge is 0.351 e. The van der Waals surface area contributed by atoms with Crippen LogP contribution in [0.1, 0.15) is 36.4 Å². The lowest BCUT2D eigenvalue weighted by Gasteiger charge is -2.31. The van der Waals surface area contributed by atoms with E-state index >= 15 is 0 Å². The zero-order valence-electron chi connectivity index (χ0n) is 19.4. The summed E-state index contributed by atoms with van der Waals surface area (Å²) in [6, 6.07) is 5.97. The van der Waals surface area contributed by atoms with Gasteiger partial charge in [0.1, 0.15) is 23.8 Å². The van der Waals surface area contributed by atoms with Crippen molar-refractivity contribution >= 4 is 15.9 Å². The Kier molecular flexibility index (Phi) is 7.86. The van der Waals surface area contributed by atoms with Crippen molar-refractivity contribution in [2.75, 3.05) is 13.1 Å². The highest BCUT2D eigenvalue weighted by Gasteiger charge is 2.44. The summed E-state index contributed by atoms with van der Waals surface area (Å²) in [7, 11) is -4.29. The molecule has 4 atom stereocenters. The van der Waals surface area contributed by atoms with Gasteiger partial charge >= 0.3 is 6.18 Å². The molecule has 2 heterocycles. The van der Waals surface area contributed by atoms with E-state index in [1.165, 1.54) is 6.07 Å². The minimum absolute atomic E-state index is 0.103. The number of hydrogen-bond donors (Lipinski definition) is 2. The highest BCUT2D eigenvalue weighted by atomic mass is 32.2. The van der Waals surface area contributed by atoms with E-state index in [-0.39, 0.29) is 37.2 Å². The maximum atomic E-state index is 14.3. The van der Waals surface area contributed by atoms with E-state index in [2.05, 4.69) is 10.6 Å². The molecule has 2 fully saturated rings. The third kappa shape index (κ3) is 6.27. The fourth-order valence-electron chi connectivity index (χ4n) is 4.71. The van der Waals surface area contributed by atoms with Crippen LogP contribution in [0, 0.1) is 17.6 Å². The number of nitrogens with zero attached hydrogens (tertiary/aromatic N) is 1. The summed E-state index contributed by atoms with van der Waals surface area (Å²) in [6.07, 6.45) is -6.24. The van der Waals surface area contributed by atoms with Gasteiger partial charge in [-0.3, -0.25) is 4.79 Å². The lowest BCUT2D eigenvalue weighted by molar-refractivity contribution is -0.179. The van der Waals surface area contributed by atoms with Gasteiger partial charge in [0.15, 0.2) is 0 Å². The Morgan fingerprint density at radius 3 is 2.38 bits per heavy atom. The quantitative estimate of drug-likeness (QED) is 0.535. The summed E-state index contributed by atoms with van der Waals surface area (Å²) in [5, 5.41) is 5.29. The molecule has 6 nitrogen and oxygen atoms in total. The Balaban J connectivity index is 1.43. The maximum absolute atomic E-state index is 14.3. The van der Waals surface area contributed by atoms with E-state index < -0.39 is 64.5 Å². The highest BCUT2D eigenvalue weighted by molar-refractivity contribution is 7.89. The summed E-state index contributed by atoms with van der Waals surface area (Å²) in [4.78, 5) is 12.6. The maximum Gasteiger partial charge on any atom is 0.393 e. The van der Waals surface area contributed by atoms with Crippen LogP contribution in [0.2, 0.25) is 0 Å². The Labute approximate surface area is 210 Å². The molecule has 13 heteroatoms. The van der Waals surface area contributed by atoms with Crippen molar-refractivity contribution in [2.24, 2.45) is 5.92 Å². The van der Waals surface area contributed by atoms with Crippen molar-refractivity contribution in [1.29, 1.82) is 0 Å². The Morgan fingerprint density at radius 2 is 1.76 bits per heavy atom. The summed E-state index contributed by atoms with van der Waals surface area (Å²) >= 11 is 0. The van der Waals surface area contributed by atoms with Gasteiger partial charge in [0.25, 0.3) is 0 Å².